The lowest BCUT2D eigenvalue weighted by atomic mass is 10.0. The highest BCUT2D eigenvalue weighted by Gasteiger charge is 2.38. The minimum Gasteiger partial charge on any atom is -0.391 e. The van der Waals surface area contributed by atoms with Gasteiger partial charge in [0.15, 0.2) is 0 Å². The van der Waals surface area contributed by atoms with Gasteiger partial charge in [-0.05, 0) is 0 Å². The van der Waals surface area contributed by atoms with Gasteiger partial charge in [-0.25, -0.2) is 0 Å². The Morgan fingerprint density at radius 3 is 2.42 bits per heavy atom. The Morgan fingerprint density at radius 1 is 1.33 bits per heavy atom. The van der Waals surface area contributed by atoms with Crippen LogP contribution in [0.3, 0.4) is 0 Å². The quantitative estimate of drug-likeness (QED) is 0.351. The fourth-order valence-corrected chi connectivity index (χ4v) is 1.26. The van der Waals surface area contributed by atoms with Crippen molar-refractivity contribution in [3.63, 3.8) is 0 Å². The highest BCUT2D eigenvalue weighted by Crippen LogP contribution is 2.15. The first kappa shape index (κ1) is 9.82. The van der Waals surface area contributed by atoms with Crippen molar-refractivity contribution in [2.45, 2.75) is 24.4 Å². The standard InChI is InChI=1S/C6H11NO4S/c7-6(12)5-4(10)3(9)2(8)1-11-5/h2-5,8-10H,1H2,(H2,7,12)/t2-,3+,4-,5-/m1/s1. The summed E-state index contributed by atoms with van der Waals surface area (Å²) in [4.78, 5) is -0.0200. The highest BCUT2D eigenvalue weighted by molar-refractivity contribution is 7.80. The van der Waals surface area contributed by atoms with E-state index in [1.807, 2.05) is 0 Å². The van der Waals surface area contributed by atoms with Gasteiger partial charge in [-0.2, -0.15) is 0 Å². The summed E-state index contributed by atoms with van der Waals surface area (Å²) in [6, 6.07) is 0. The van der Waals surface area contributed by atoms with Crippen LogP contribution in [0.1, 0.15) is 0 Å². The van der Waals surface area contributed by atoms with Crippen LogP contribution in [0.2, 0.25) is 0 Å². The molecular weight excluding hydrogens is 182 g/mol. The van der Waals surface area contributed by atoms with E-state index in [9.17, 15) is 10.2 Å². The molecule has 0 radical (unpaired) electrons. The molecule has 5 nitrogen and oxygen atoms in total. The first-order valence-corrected chi connectivity index (χ1v) is 3.90. The first-order chi connectivity index (χ1) is 5.54. The molecule has 0 aliphatic carbocycles. The van der Waals surface area contributed by atoms with Gasteiger partial charge in [0.1, 0.15) is 29.4 Å². The lowest BCUT2D eigenvalue weighted by molar-refractivity contribution is -0.167. The number of rotatable bonds is 1. The van der Waals surface area contributed by atoms with Gasteiger partial charge in [0.25, 0.3) is 0 Å². The Labute approximate surface area is 74.8 Å². The molecule has 70 valence electrons. The van der Waals surface area contributed by atoms with E-state index in [2.05, 4.69) is 12.2 Å². The molecule has 6 heteroatoms. The zero-order chi connectivity index (χ0) is 9.30. The van der Waals surface area contributed by atoms with Gasteiger partial charge in [0, 0.05) is 0 Å². The van der Waals surface area contributed by atoms with Crippen LogP contribution < -0.4 is 5.73 Å². The average molecular weight is 193 g/mol. The largest absolute Gasteiger partial charge is 0.391 e. The molecule has 0 aromatic rings. The molecule has 0 aromatic heterocycles. The predicted octanol–water partition coefficient (Wildman–Crippen LogP) is -2.25. The third-order valence-electron chi connectivity index (χ3n) is 1.78. The molecule has 1 rings (SSSR count). The van der Waals surface area contributed by atoms with Crippen molar-refractivity contribution in [2.75, 3.05) is 6.61 Å². The Kier molecular flexibility index (Phi) is 2.97. The maximum Gasteiger partial charge on any atom is 0.136 e. The van der Waals surface area contributed by atoms with Crippen molar-refractivity contribution >= 4 is 17.2 Å². The normalized spacial score (nSPS) is 42.6. The second kappa shape index (κ2) is 3.63. The van der Waals surface area contributed by atoms with Crippen molar-refractivity contribution in [2.24, 2.45) is 5.73 Å². The van der Waals surface area contributed by atoms with Gasteiger partial charge in [0.2, 0.25) is 0 Å². The van der Waals surface area contributed by atoms with E-state index < -0.39 is 24.4 Å². The minimum absolute atomic E-state index is 0.0200. The summed E-state index contributed by atoms with van der Waals surface area (Å²) in [5.41, 5.74) is 5.22. The number of thiocarbonyl (C=S) groups is 1. The number of nitrogens with two attached hydrogens (primary N) is 1. The van der Waals surface area contributed by atoms with E-state index >= 15 is 0 Å². The molecule has 5 N–H and O–H groups in total. The molecule has 1 heterocycles. The van der Waals surface area contributed by atoms with Gasteiger partial charge in [-0.1, -0.05) is 12.2 Å². The minimum atomic E-state index is -1.25. The number of aliphatic hydroxyl groups excluding tert-OH is 3. The van der Waals surface area contributed by atoms with E-state index in [0.717, 1.165) is 0 Å². The molecule has 1 aliphatic heterocycles. The number of hydrogen-bond acceptors (Lipinski definition) is 5. The smallest absolute Gasteiger partial charge is 0.136 e. The summed E-state index contributed by atoms with van der Waals surface area (Å²) in [7, 11) is 0. The van der Waals surface area contributed by atoms with Crippen molar-refractivity contribution in [1.29, 1.82) is 0 Å². The molecule has 0 saturated carbocycles. The van der Waals surface area contributed by atoms with Crippen LogP contribution in [0.4, 0.5) is 0 Å². The predicted molar refractivity (Wildman–Crippen MR) is 44.5 cm³/mol. The van der Waals surface area contributed by atoms with E-state index in [4.69, 9.17) is 15.6 Å². The second-order valence-electron chi connectivity index (χ2n) is 2.70. The summed E-state index contributed by atoms with van der Waals surface area (Å²) in [5, 5.41) is 27.5. The van der Waals surface area contributed by atoms with E-state index in [1.165, 1.54) is 0 Å². The summed E-state index contributed by atoms with van der Waals surface area (Å²) in [6.07, 6.45) is -4.43. The summed E-state index contributed by atoms with van der Waals surface area (Å²) < 4.78 is 4.91. The second-order valence-corrected chi connectivity index (χ2v) is 3.18. The summed E-state index contributed by atoms with van der Waals surface area (Å²) in [5.74, 6) is 0. The lowest BCUT2D eigenvalue weighted by Gasteiger charge is -2.34. The number of aliphatic hydroxyl groups is 3. The van der Waals surface area contributed by atoms with Crippen molar-refractivity contribution in [1.82, 2.24) is 0 Å². The maximum atomic E-state index is 9.28. The van der Waals surface area contributed by atoms with Crippen LogP contribution in [-0.2, 0) is 4.74 Å². The van der Waals surface area contributed by atoms with E-state index in [1.54, 1.807) is 0 Å². The summed E-state index contributed by atoms with van der Waals surface area (Å²) >= 11 is 4.58. The number of ether oxygens (including phenoxy) is 1. The summed E-state index contributed by atoms with van der Waals surface area (Å²) in [6.45, 7) is -0.0692. The van der Waals surface area contributed by atoms with Gasteiger partial charge in [0.05, 0.1) is 6.61 Å². The zero-order valence-electron chi connectivity index (χ0n) is 6.25. The Hall–Kier alpha value is -0.270. The van der Waals surface area contributed by atoms with Gasteiger partial charge in [-0.15, -0.1) is 0 Å². The molecular formula is C6H11NO4S. The van der Waals surface area contributed by atoms with Crippen molar-refractivity contribution < 1.29 is 20.1 Å². The first-order valence-electron chi connectivity index (χ1n) is 3.49. The molecule has 0 amide bonds. The van der Waals surface area contributed by atoms with Crippen LogP contribution in [-0.4, -0.2) is 51.3 Å². The van der Waals surface area contributed by atoms with Crippen LogP contribution in [0.25, 0.3) is 0 Å². The van der Waals surface area contributed by atoms with E-state index in [-0.39, 0.29) is 11.6 Å². The van der Waals surface area contributed by atoms with Gasteiger partial charge >= 0.3 is 0 Å². The Bertz CT molecular complexity index is 188. The molecule has 1 aliphatic rings. The fraction of sp³-hybridized carbons (Fsp3) is 0.833. The monoisotopic (exact) mass is 193 g/mol. The topological polar surface area (TPSA) is 95.9 Å². The molecule has 1 fully saturated rings. The van der Waals surface area contributed by atoms with E-state index in [0.29, 0.717) is 0 Å². The SMILES string of the molecule is NC(=S)[C@@H]1OC[C@@H](O)[C@H](O)[C@H]1O. The molecule has 0 aromatic carbocycles. The molecule has 12 heavy (non-hydrogen) atoms. The average Bonchev–Trinajstić information content (AvgIpc) is 2.00. The fourth-order valence-electron chi connectivity index (χ4n) is 1.06. The van der Waals surface area contributed by atoms with Crippen molar-refractivity contribution in [3.05, 3.63) is 0 Å². The van der Waals surface area contributed by atoms with Gasteiger partial charge in [-0.3, -0.25) is 0 Å². The maximum absolute atomic E-state index is 9.28. The molecule has 1 saturated heterocycles. The lowest BCUT2D eigenvalue weighted by Crippen LogP contribution is -2.56. The van der Waals surface area contributed by atoms with Crippen LogP contribution in [0.5, 0.6) is 0 Å². The number of hydrogen-bond donors (Lipinski definition) is 4. The van der Waals surface area contributed by atoms with Crippen LogP contribution >= 0.6 is 12.2 Å². The highest BCUT2D eigenvalue weighted by atomic mass is 32.1. The Morgan fingerprint density at radius 2 is 1.92 bits per heavy atom. The zero-order valence-corrected chi connectivity index (χ0v) is 7.07. The van der Waals surface area contributed by atoms with Crippen LogP contribution in [0.15, 0.2) is 0 Å². The molecule has 4 atom stereocenters. The van der Waals surface area contributed by atoms with Gasteiger partial charge < -0.3 is 25.8 Å². The molecule has 0 unspecified atom stereocenters. The Balaban J connectivity index is 2.65. The third-order valence-corrected chi connectivity index (χ3v) is 2.01. The molecule has 0 bridgehead atoms. The van der Waals surface area contributed by atoms with Crippen LogP contribution in [0, 0.1) is 0 Å². The third kappa shape index (κ3) is 1.73. The van der Waals surface area contributed by atoms with Crippen molar-refractivity contribution in [3.8, 4) is 0 Å². The molecule has 0 spiro atoms.